The summed E-state index contributed by atoms with van der Waals surface area (Å²) in [6.07, 6.45) is 0.866. The molecule has 0 spiro atoms. The Labute approximate surface area is 132 Å². The molecular weight excluding hydrogens is 308 g/mol. The number of esters is 1. The smallest absolute Gasteiger partial charge is 0.328 e. The van der Waals surface area contributed by atoms with E-state index in [1.807, 2.05) is 0 Å². The number of benzene rings is 1. The minimum atomic E-state index is -1.03. The fraction of sp³-hybridized carbons (Fsp3) is 0.429. The summed E-state index contributed by atoms with van der Waals surface area (Å²) < 4.78 is 5.05. The zero-order chi connectivity index (χ0) is 17.2. The lowest BCUT2D eigenvalue weighted by Gasteiger charge is -2.10. The molecule has 126 valence electrons. The largest absolute Gasteiger partial charge is 0.481 e. The van der Waals surface area contributed by atoms with Crippen molar-refractivity contribution < 1.29 is 29.4 Å². The van der Waals surface area contributed by atoms with Gasteiger partial charge >= 0.3 is 11.9 Å². The second kappa shape index (κ2) is 9.36. The molecule has 0 heterocycles. The lowest BCUT2D eigenvalue weighted by Crippen LogP contribution is -2.34. The molecule has 0 aliphatic carbocycles. The van der Waals surface area contributed by atoms with Crippen molar-refractivity contribution in [1.29, 1.82) is 0 Å². The van der Waals surface area contributed by atoms with Crippen molar-refractivity contribution in [2.45, 2.75) is 31.7 Å². The molecule has 1 aromatic carbocycles. The van der Waals surface area contributed by atoms with Gasteiger partial charge in [0.2, 0.25) is 0 Å². The maximum atomic E-state index is 11.7. The van der Waals surface area contributed by atoms with Crippen LogP contribution in [0.4, 0.5) is 0 Å². The molecule has 23 heavy (non-hydrogen) atoms. The quantitative estimate of drug-likeness (QED) is 0.212. The summed E-state index contributed by atoms with van der Waals surface area (Å²) in [4.78, 5) is 36.3. The predicted molar refractivity (Wildman–Crippen MR) is 78.2 cm³/mol. The summed E-state index contributed by atoms with van der Waals surface area (Å²) in [5, 5.41) is 17.7. The van der Waals surface area contributed by atoms with Crippen LogP contribution in [0.5, 0.6) is 5.75 Å². The minimum absolute atomic E-state index is 0.00268. The molecule has 0 amide bonds. The lowest BCUT2D eigenvalue weighted by molar-refractivity contribution is -0.757. The fourth-order valence-electron chi connectivity index (χ4n) is 1.73. The summed E-state index contributed by atoms with van der Waals surface area (Å²) in [6.45, 7) is 0.0160. The Kier molecular flexibility index (Phi) is 7.48. The van der Waals surface area contributed by atoms with E-state index in [-0.39, 0.29) is 19.4 Å². The molecule has 0 radical (unpaired) electrons. The molecule has 1 aromatic rings. The van der Waals surface area contributed by atoms with Gasteiger partial charge in [0.05, 0.1) is 6.61 Å². The summed E-state index contributed by atoms with van der Waals surface area (Å²) in [5.74, 6) is -1.43. The number of carboxylic acids is 1. The summed E-state index contributed by atoms with van der Waals surface area (Å²) in [7, 11) is 0. The molecule has 0 fully saturated rings. The third kappa shape index (κ3) is 7.77. The number of nitrogens with zero attached hydrogens (tertiary/aromatic N) is 1. The van der Waals surface area contributed by atoms with Gasteiger partial charge in [-0.05, 0) is 37.0 Å². The molecule has 0 aromatic heterocycles. The van der Waals surface area contributed by atoms with Crippen LogP contribution in [0.3, 0.4) is 0 Å². The van der Waals surface area contributed by atoms with Crippen LogP contribution in [0, 0.1) is 10.1 Å². The number of ether oxygens (including phenoxy) is 1. The van der Waals surface area contributed by atoms with Crippen LogP contribution in [0.1, 0.15) is 24.8 Å². The van der Waals surface area contributed by atoms with E-state index in [9.17, 15) is 19.7 Å². The second-order valence-electron chi connectivity index (χ2n) is 4.76. The van der Waals surface area contributed by atoms with Crippen LogP contribution in [0.25, 0.3) is 0 Å². The maximum absolute atomic E-state index is 11.7. The molecule has 9 nitrogen and oxygen atoms in total. The van der Waals surface area contributed by atoms with E-state index in [0.29, 0.717) is 18.6 Å². The van der Waals surface area contributed by atoms with E-state index in [0.717, 1.165) is 5.56 Å². The Hall–Kier alpha value is -2.68. The minimum Gasteiger partial charge on any atom is -0.481 e. The molecule has 0 aliphatic heterocycles. The Bertz CT molecular complexity index is 545. The first kappa shape index (κ1) is 18.4. The van der Waals surface area contributed by atoms with Crippen molar-refractivity contribution >= 4 is 11.9 Å². The number of rotatable bonds is 10. The molecule has 3 N–H and O–H groups in total. The third-order valence-corrected chi connectivity index (χ3v) is 2.92. The van der Waals surface area contributed by atoms with Crippen LogP contribution in [-0.4, -0.2) is 34.8 Å². The van der Waals surface area contributed by atoms with Gasteiger partial charge in [-0.1, -0.05) is 12.1 Å². The monoisotopic (exact) mass is 326 g/mol. The molecule has 0 saturated heterocycles. The lowest BCUT2D eigenvalue weighted by atomic mass is 10.1. The van der Waals surface area contributed by atoms with E-state index in [4.69, 9.17) is 15.6 Å². The number of aryl methyl sites for hydroxylation is 1. The maximum Gasteiger partial charge on any atom is 0.328 e. The molecular formula is C14H18N2O7. The third-order valence-electron chi connectivity index (χ3n) is 2.92. The number of nitrogens with two attached hydrogens (primary N) is 1. The molecule has 0 bridgehead atoms. The van der Waals surface area contributed by atoms with Crippen molar-refractivity contribution in [1.82, 2.24) is 0 Å². The van der Waals surface area contributed by atoms with E-state index < -0.39 is 23.1 Å². The normalized spacial score (nSPS) is 11.5. The van der Waals surface area contributed by atoms with Gasteiger partial charge in [0.25, 0.3) is 5.09 Å². The SMILES string of the molecule is NC(CCC(=O)O)C(=O)Oc1ccc(CCCO[N+](=O)[O-])cc1. The summed E-state index contributed by atoms with van der Waals surface area (Å²) in [5.41, 5.74) is 6.45. The Morgan fingerprint density at radius 1 is 1.30 bits per heavy atom. The highest BCUT2D eigenvalue weighted by Gasteiger charge is 2.17. The van der Waals surface area contributed by atoms with Crippen molar-refractivity contribution in [2.75, 3.05) is 6.61 Å². The molecule has 1 unspecified atom stereocenters. The average Bonchev–Trinajstić information content (AvgIpc) is 2.50. The summed E-state index contributed by atoms with van der Waals surface area (Å²) >= 11 is 0. The van der Waals surface area contributed by atoms with Crippen molar-refractivity contribution in [2.24, 2.45) is 5.73 Å². The number of carboxylic acid groups (broad SMARTS) is 1. The fourth-order valence-corrected chi connectivity index (χ4v) is 1.73. The van der Waals surface area contributed by atoms with Gasteiger partial charge < -0.3 is 20.4 Å². The molecule has 0 aliphatic rings. The van der Waals surface area contributed by atoms with Gasteiger partial charge in [0.15, 0.2) is 0 Å². The number of carbonyl (C=O) groups is 2. The van der Waals surface area contributed by atoms with Crippen LogP contribution in [0.2, 0.25) is 0 Å². The molecule has 0 saturated carbocycles. The van der Waals surface area contributed by atoms with E-state index in [2.05, 4.69) is 4.84 Å². The van der Waals surface area contributed by atoms with Gasteiger partial charge in [0.1, 0.15) is 11.8 Å². The van der Waals surface area contributed by atoms with Gasteiger partial charge in [-0.15, -0.1) is 10.1 Å². The molecule has 9 heteroatoms. The van der Waals surface area contributed by atoms with Gasteiger partial charge in [-0.2, -0.15) is 0 Å². The van der Waals surface area contributed by atoms with Crippen LogP contribution < -0.4 is 10.5 Å². The van der Waals surface area contributed by atoms with E-state index >= 15 is 0 Å². The van der Waals surface area contributed by atoms with E-state index in [1.165, 1.54) is 0 Å². The number of aliphatic carboxylic acids is 1. The highest BCUT2D eigenvalue weighted by molar-refractivity contribution is 5.78. The van der Waals surface area contributed by atoms with Crippen molar-refractivity contribution in [3.63, 3.8) is 0 Å². The Morgan fingerprint density at radius 3 is 2.52 bits per heavy atom. The summed E-state index contributed by atoms with van der Waals surface area (Å²) in [6, 6.07) is 5.59. The zero-order valence-corrected chi connectivity index (χ0v) is 12.3. The Morgan fingerprint density at radius 2 is 1.96 bits per heavy atom. The van der Waals surface area contributed by atoms with Gasteiger partial charge in [-0.25, -0.2) is 4.79 Å². The van der Waals surface area contributed by atoms with E-state index in [1.54, 1.807) is 24.3 Å². The molecule has 1 atom stereocenters. The van der Waals surface area contributed by atoms with Crippen LogP contribution >= 0.6 is 0 Å². The highest BCUT2D eigenvalue weighted by Crippen LogP contribution is 2.14. The first-order valence-corrected chi connectivity index (χ1v) is 6.94. The van der Waals surface area contributed by atoms with Crippen molar-refractivity contribution in [3.8, 4) is 5.75 Å². The predicted octanol–water partition coefficient (Wildman–Crippen LogP) is 0.925. The second-order valence-corrected chi connectivity index (χ2v) is 4.76. The van der Waals surface area contributed by atoms with Crippen LogP contribution in [-0.2, 0) is 20.8 Å². The number of carbonyl (C=O) groups excluding carboxylic acids is 1. The van der Waals surface area contributed by atoms with Crippen molar-refractivity contribution in [3.05, 3.63) is 39.9 Å². The number of hydrogen-bond donors (Lipinski definition) is 2. The average molecular weight is 326 g/mol. The standard InChI is InChI=1S/C14H18N2O7/c15-12(7-8-13(17)18)14(19)23-11-5-3-10(4-6-11)2-1-9-22-16(20)21/h3-6,12H,1-2,7-9,15H2,(H,17,18). The molecule has 1 rings (SSSR count). The first-order chi connectivity index (χ1) is 10.9. The van der Waals surface area contributed by atoms with Crippen LogP contribution in [0.15, 0.2) is 24.3 Å². The van der Waals surface area contributed by atoms with Gasteiger partial charge in [-0.3, -0.25) is 4.79 Å². The number of hydrogen-bond acceptors (Lipinski definition) is 7. The highest BCUT2D eigenvalue weighted by atomic mass is 16.9. The zero-order valence-electron chi connectivity index (χ0n) is 12.3. The Balaban J connectivity index is 2.39. The van der Waals surface area contributed by atoms with Gasteiger partial charge in [0, 0.05) is 6.42 Å². The first-order valence-electron chi connectivity index (χ1n) is 6.94. The topological polar surface area (TPSA) is 142 Å².